The maximum absolute atomic E-state index is 13.4. The van der Waals surface area contributed by atoms with Gasteiger partial charge < -0.3 is 10.1 Å². The van der Waals surface area contributed by atoms with E-state index in [0.29, 0.717) is 5.69 Å². The van der Waals surface area contributed by atoms with Crippen LogP contribution in [0.1, 0.15) is 13.8 Å². The molecule has 6 nitrogen and oxygen atoms in total. The highest BCUT2D eigenvalue weighted by atomic mass is 32.2. The van der Waals surface area contributed by atoms with E-state index in [1.54, 1.807) is 19.9 Å². The first-order valence-corrected chi connectivity index (χ1v) is 9.41. The number of rotatable bonds is 7. The third-order valence-corrected chi connectivity index (χ3v) is 5.79. The number of hydrogen-bond donors (Lipinski definition) is 1. The zero-order chi connectivity index (χ0) is 19.3. The van der Waals surface area contributed by atoms with E-state index in [4.69, 9.17) is 4.74 Å². The Hall–Kier alpha value is -2.45. The van der Waals surface area contributed by atoms with Gasteiger partial charge in [0.25, 0.3) is 5.91 Å². The van der Waals surface area contributed by atoms with E-state index in [1.165, 1.54) is 53.8 Å². The average Bonchev–Trinajstić information content (AvgIpc) is 2.60. The second-order valence-electron chi connectivity index (χ2n) is 5.91. The lowest BCUT2D eigenvalue weighted by Crippen LogP contribution is -2.33. The molecule has 0 unspecified atom stereocenters. The largest absolute Gasteiger partial charge is 0.481 e. The van der Waals surface area contributed by atoms with Crippen LogP contribution in [0, 0.1) is 5.82 Å². The van der Waals surface area contributed by atoms with Crippen molar-refractivity contribution >= 4 is 21.6 Å². The second kappa shape index (κ2) is 8.29. The number of hydrogen-bond acceptors (Lipinski definition) is 4. The van der Waals surface area contributed by atoms with E-state index in [0.717, 1.165) is 0 Å². The second-order valence-corrected chi connectivity index (χ2v) is 7.90. The van der Waals surface area contributed by atoms with Crippen molar-refractivity contribution in [3.63, 3.8) is 0 Å². The number of para-hydroxylation sites is 1. The van der Waals surface area contributed by atoms with Crippen molar-refractivity contribution in [2.45, 2.75) is 24.8 Å². The van der Waals surface area contributed by atoms with E-state index in [-0.39, 0.29) is 23.3 Å². The van der Waals surface area contributed by atoms with Gasteiger partial charge in [0.2, 0.25) is 10.0 Å². The van der Waals surface area contributed by atoms with Crippen molar-refractivity contribution in [3.8, 4) is 5.75 Å². The number of carbonyl (C=O) groups excluding carboxylic acids is 1. The Morgan fingerprint density at radius 1 is 1.15 bits per heavy atom. The molecule has 8 heteroatoms. The fourth-order valence-electron chi connectivity index (χ4n) is 2.06. The van der Waals surface area contributed by atoms with E-state index in [2.05, 4.69) is 5.32 Å². The van der Waals surface area contributed by atoms with Crippen molar-refractivity contribution < 1.29 is 22.3 Å². The Morgan fingerprint density at radius 3 is 2.35 bits per heavy atom. The molecule has 0 radical (unpaired) electrons. The number of benzene rings is 2. The molecule has 0 saturated heterocycles. The van der Waals surface area contributed by atoms with Crippen molar-refractivity contribution in [3.05, 3.63) is 54.3 Å². The normalized spacial score (nSPS) is 11.6. The lowest BCUT2D eigenvalue weighted by molar-refractivity contribution is -0.118. The molecular formula is C18H21FN2O4S. The molecule has 2 aromatic carbocycles. The molecule has 0 bridgehead atoms. The summed E-state index contributed by atoms with van der Waals surface area (Å²) in [6, 6.07) is 11.4. The molecule has 0 heterocycles. The SMILES string of the molecule is CC(C)N(C)S(=O)(=O)c1ccc(NC(=O)COc2ccccc2F)cc1. The van der Waals surface area contributed by atoms with Crippen molar-refractivity contribution in [1.82, 2.24) is 4.31 Å². The first-order valence-electron chi connectivity index (χ1n) is 7.97. The van der Waals surface area contributed by atoms with Crippen LogP contribution < -0.4 is 10.1 Å². The summed E-state index contributed by atoms with van der Waals surface area (Å²) in [5, 5.41) is 2.57. The summed E-state index contributed by atoms with van der Waals surface area (Å²) in [5.74, 6) is -1.05. The molecule has 0 fully saturated rings. The fraction of sp³-hybridized carbons (Fsp3) is 0.278. The third-order valence-electron chi connectivity index (χ3n) is 3.74. The maximum Gasteiger partial charge on any atom is 0.262 e. The zero-order valence-electron chi connectivity index (χ0n) is 14.8. The molecule has 26 heavy (non-hydrogen) atoms. The van der Waals surface area contributed by atoms with Crippen molar-refractivity contribution in [2.75, 3.05) is 19.0 Å². The van der Waals surface area contributed by atoms with Crippen LogP contribution in [0.3, 0.4) is 0 Å². The third kappa shape index (κ3) is 4.80. The van der Waals surface area contributed by atoms with E-state index >= 15 is 0 Å². The minimum atomic E-state index is -3.58. The van der Waals surface area contributed by atoms with Crippen LogP contribution in [0.2, 0.25) is 0 Å². The Balaban J connectivity index is 1.98. The van der Waals surface area contributed by atoms with Gasteiger partial charge in [-0.3, -0.25) is 4.79 Å². The highest BCUT2D eigenvalue weighted by Crippen LogP contribution is 2.19. The fourth-order valence-corrected chi connectivity index (χ4v) is 3.42. The first-order chi connectivity index (χ1) is 12.2. The van der Waals surface area contributed by atoms with Gasteiger partial charge in [-0.05, 0) is 50.2 Å². The van der Waals surface area contributed by atoms with Gasteiger partial charge >= 0.3 is 0 Å². The summed E-state index contributed by atoms with van der Waals surface area (Å²) in [6.07, 6.45) is 0. The first kappa shape index (κ1) is 19.9. The predicted molar refractivity (Wildman–Crippen MR) is 97.1 cm³/mol. The van der Waals surface area contributed by atoms with E-state index in [1.807, 2.05) is 0 Å². The number of nitrogens with one attached hydrogen (secondary N) is 1. The maximum atomic E-state index is 13.4. The molecule has 0 saturated carbocycles. The van der Waals surface area contributed by atoms with E-state index < -0.39 is 21.7 Å². The number of ether oxygens (including phenoxy) is 1. The molecule has 2 aromatic rings. The summed E-state index contributed by atoms with van der Waals surface area (Å²) < 4.78 is 44.6. The van der Waals surface area contributed by atoms with Gasteiger partial charge in [-0.25, -0.2) is 12.8 Å². The van der Waals surface area contributed by atoms with Crippen LogP contribution in [0.4, 0.5) is 10.1 Å². The van der Waals surface area contributed by atoms with Gasteiger partial charge in [-0.2, -0.15) is 4.31 Å². The van der Waals surface area contributed by atoms with Gasteiger partial charge in [0, 0.05) is 18.8 Å². The summed E-state index contributed by atoms with van der Waals surface area (Å²) >= 11 is 0. The molecule has 1 amide bonds. The minimum absolute atomic E-state index is 0.0131. The standard InChI is InChI=1S/C18H21FN2O4S/c1-13(2)21(3)26(23,24)15-10-8-14(9-11-15)20-18(22)12-25-17-7-5-4-6-16(17)19/h4-11,13H,12H2,1-3H3,(H,20,22). The number of nitrogens with zero attached hydrogens (tertiary/aromatic N) is 1. The number of amides is 1. The number of sulfonamides is 1. The Bertz CT molecular complexity index is 867. The predicted octanol–water partition coefficient (Wildman–Crippen LogP) is 2.87. The topological polar surface area (TPSA) is 75.7 Å². The van der Waals surface area contributed by atoms with Gasteiger partial charge in [0.15, 0.2) is 18.2 Å². The van der Waals surface area contributed by atoms with Gasteiger partial charge in [0.1, 0.15) is 0 Å². The molecule has 2 rings (SSSR count). The van der Waals surface area contributed by atoms with Crippen molar-refractivity contribution in [1.29, 1.82) is 0 Å². The van der Waals surface area contributed by atoms with Crippen LogP contribution >= 0.6 is 0 Å². The van der Waals surface area contributed by atoms with E-state index in [9.17, 15) is 17.6 Å². The van der Waals surface area contributed by atoms with Gasteiger partial charge in [0.05, 0.1) is 4.90 Å². The summed E-state index contributed by atoms with van der Waals surface area (Å²) in [5.41, 5.74) is 0.415. The number of anilines is 1. The summed E-state index contributed by atoms with van der Waals surface area (Å²) in [6.45, 7) is 3.19. The molecule has 0 aromatic heterocycles. The molecule has 0 spiro atoms. The lowest BCUT2D eigenvalue weighted by Gasteiger charge is -2.21. The Kier molecular flexibility index (Phi) is 6.33. The molecule has 0 aliphatic rings. The quantitative estimate of drug-likeness (QED) is 0.801. The minimum Gasteiger partial charge on any atom is -0.481 e. The number of halogens is 1. The molecule has 1 N–H and O–H groups in total. The highest BCUT2D eigenvalue weighted by Gasteiger charge is 2.22. The van der Waals surface area contributed by atoms with Crippen molar-refractivity contribution in [2.24, 2.45) is 0 Å². The van der Waals surface area contributed by atoms with Gasteiger partial charge in [-0.15, -0.1) is 0 Å². The van der Waals surface area contributed by atoms with Crippen LogP contribution in [0.5, 0.6) is 5.75 Å². The Labute approximate surface area is 152 Å². The van der Waals surface area contributed by atoms with Crippen LogP contribution in [-0.4, -0.2) is 38.3 Å². The number of carbonyl (C=O) groups is 1. The summed E-state index contributed by atoms with van der Waals surface area (Å²) in [4.78, 5) is 12.0. The monoisotopic (exact) mass is 380 g/mol. The summed E-state index contributed by atoms with van der Waals surface area (Å²) in [7, 11) is -2.07. The van der Waals surface area contributed by atoms with Crippen LogP contribution in [-0.2, 0) is 14.8 Å². The molecule has 0 atom stereocenters. The van der Waals surface area contributed by atoms with Crippen LogP contribution in [0.15, 0.2) is 53.4 Å². The zero-order valence-corrected chi connectivity index (χ0v) is 15.6. The van der Waals surface area contributed by atoms with Gasteiger partial charge in [-0.1, -0.05) is 12.1 Å². The Morgan fingerprint density at radius 2 is 1.77 bits per heavy atom. The molecule has 140 valence electrons. The van der Waals surface area contributed by atoms with Crippen LogP contribution in [0.25, 0.3) is 0 Å². The average molecular weight is 380 g/mol. The molecule has 0 aliphatic heterocycles. The lowest BCUT2D eigenvalue weighted by atomic mass is 10.3. The molecule has 0 aliphatic carbocycles. The highest BCUT2D eigenvalue weighted by molar-refractivity contribution is 7.89. The molecular weight excluding hydrogens is 359 g/mol. The smallest absolute Gasteiger partial charge is 0.262 e.